The number of hydrogen-bond acceptors (Lipinski definition) is 4. The Hall–Kier alpha value is -1.07. The average Bonchev–Trinajstić information content (AvgIpc) is 2.34. The second-order valence-electron chi connectivity index (χ2n) is 5.25. The lowest BCUT2D eigenvalue weighted by Crippen LogP contribution is -2.54. The van der Waals surface area contributed by atoms with Crippen LogP contribution in [0.25, 0.3) is 0 Å². The minimum atomic E-state index is -0.195. The molecular weight excluding hydrogens is 264 g/mol. The van der Waals surface area contributed by atoms with Crippen LogP contribution in [0.2, 0.25) is 5.02 Å². The van der Waals surface area contributed by atoms with E-state index >= 15 is 0 Å². The summed E-state index contributed by atoms with van der Waals surface area (Å²) in [7, 11) is 0. The van der Waals surface area contributed by atoms with Crippen LogP contribution in [-0.4, -0.2) is 35.0 Å². The first-order valence-corrected chi connectivity index (χ1v) is 7.17. The van der Waals surface area contributed by atoms with E-state index in [0.29, 0.717) is 18.6 Å². The highest BCUT2D eigenvalue weighted by Gasteiger charge is 2.24. The Bertz CT molecular complexity index is 492. The Morgan fingerprint density at radius 1 is 1.42 bits per heavy atom. The Balaban J connectivity index is 2.30. The molecule has 0 aromatic carbocycles. The topological polar surface area (TPSA) is 50.2 Å². The first kappa shape index (κ1) is 14.3. The van der Waals surface area contributed by atoms with Crippen molar-refractivity contribution in [3.8, 4) is 0 Å². The SMILES string of the molecule is CCCn1ncc(N2CC(C)NC(C)C2)c(Cl)c1=O. The van der Waals surface area contributed by atoms with Crippen molar-refractivity contribution in [2.45, 2.75) is 45.8 Å². The molecule has 2 unspecified atom stereocenters. The average molecular weight is 285 g/mol. The van der Waals surface area contributed by atoms with E-state index in [0.717, 1.165) is 25.2 Å². The highest BCUT2D eigenvalue weighted by molar-refractivity contribution is 6.33. The summed E-state index contributed by atoms with van der Waals surface area (Å²) in [5, 5.41) is 7.95. The first-order chi connectivity index (χ1) is 9.02. The van der Waals surface area contributed by atoms with Crippen LogP contribution >= 0.6 is 11.6 Å². The molecule has 0 spiro atoms. The Morgan fingerprint density at radius 2 is 2.05 bits per heavy atom. The molecule has 6 heteroatoms. The summed E-state index contributed by atoms with van der Waals surface area (Å²) in [4.78, 5) is 14.2. The third-order valence-corrected chi connectivity index (χ3v) is 3.66. The number of anilines is 1. The van der Waals surface area contributed by atoms with Gasteiger partial charge in [-0.1, -0.05) is 18.5 Å². The summed E-state index contributed by atoms with van der Waals surface area (Å²) < 4.78 is 1.43. The van der Waals surface area contributed by atoms with Crippen LogP contribution < -0.4 is 15.8 Å². The molecule has 2 rings (SSSR count). The van der Waals surface area contributed by atoms with Crippen molar-refractivity contribution < 1.29 is 0 Å². The molecule has 0 radical (unpaired) electrons. The second kappa shape index (κ2) is 5.92. The standard InChI is InChI=1S/C13H21ClN4O/c1-4-5-18-13(19)12(14)11(6-15-18)17-7-9(2)16-10(3)8-17/h6,9-10,16H,4-5,7-8H2,1-3H3. The molecule has 1 aromatic heterocycles. The van der Waals surface area contributed by atoms with Gasteiger partial charge in [0.05, 0.1) is 11.9 Å². The van der Waals surface area contributed by atoms with Crippen LogP contribution in [-0.2, 0) is 6.54 Å². The second-order valence-corrected chi connectivity index (χ2v) is 5.62. The molecule has 0 aliphatic carbocycles. The molecule has 19 heavy (non-hydrogen) atoms. The van der Waals surface area contributed by atoms with Gasteiger partial charge in [-0.05, 0) is 20.3 Å². The number of halogens is 1. The molecule has 0 amide bonds. The maximum atomic E-state index is 12.1. The van der Waals surface area contributed by atoms with Gasteiger partial charge in [0, 0.05) is 31.7 Å². The van der Waals surface area contributed by atoms with Crippen LogP contribution in [0.15, 0.2) is 11.0 Å². The minimum Gasteiger partial charge on any atom is -0.366 e. The van der Waals surface area contributed by atoms with Gasteiger partial charge in [0.1, 0.15) is 5.02 Å². The van der Waals surface area contributed by atoms with Crippen molar-refractivity contribution in [1.29, 1.82) is 0 Å². The molecule has 1 aliphatic rings. The van der Waals surface area contributed by atoms with Gasteiger partial charge in [-0.15, -0.1) is 0 Å². The molecular formula is C13H21ClN4O. The van der Waals surface area contributed by atoms with E-state index in [2.05, 4.69) is 29.2 Å². The van der Waals surface area contributed by atoms with Crippen LogP contribution in [0.5, 0.6) is 0 Å². The quantitative estimate of drug-likeness (QED) is 0.914. The molecule has 1 fully saturated rings. The van der Waals surface area contributed by atoms with Gasteiger partial charge in [0.15, 0.2) is 0 Å². The van der Waals surface area contributed by atoms with Crippen molar-refractivity contribution in [3.63, 3.8) is 0 Å². The molecule has 1 saturated heterocycles. The summed E-state index contributed by atoms with van der Waals surface area (Å²) in [5.74, 6) is 0. The maximum absolute atomic E-state index is 12.1. The van der Waals surface area contributed by atoms with E-state index in [1.807, 2.05) is 6.92 Å². The van der Waals surface area contributed by atoms with Crippen LogP contribution in [0.1, 0.15) is 27.2 Å². The lowest BCUT2D eigenvalue weighted by molar-refractivity contribution is 0.406. The van der Waals surface area contributed by atoms with Crippen LogP contribution in [0.3, 0.4) is 0 Å². The zero-order valence-electron chi connectivity index (χ0n) is 11.7. The fraction of sp³-hybridized carbons (Fsp3) is 0.692. The zero-order valence-corrected chi connectivity index (χ0v) is 12.4. The largest absolute Gasteiger partial charge is 0.366 e. The third kappa shape index (κ3) is 3.09. The monoisotopic (exact) mass is 284 g/mol. The van der Waals surface area contributed by atoms with E-state index in [1.54, 1.807) is 6.20 Å². The van der Waals surface area contributed by atoms with E-state index < -0.39 is 0 Å². The summed E-state index contributed by atoms with van der Waals surface area (Å²) >= 11 is 6.23. The molecule has 1 aliphatic heterocycles. The molecule has 2 heterocycles. The first-order valence-electron chi connectivity index (χ1n) is 6.79. The molecule has 5 nitrogen and oxygen atoms in total. The summed E-state index contributed by atoms with van der Waals surface area (Å²) in [5.41, 5.74) is 0.555. The van der Waals surface area contributed by atoms with Crippen LogP contribution in [0.4, 0.5) is 5.69 Å². The van der Waals surface area contributed by atoms with Gasteiger partial charge in [-0.25, -0.2) is 4.68 Å². The van der Waals surface area contributed by atoms with E-state index in [-0.39, 0.29) is 10.6 Å². The Labute approximate surface area is 118 Å². The Kier molecular flexibility index (Phi) is 4.47. The number of piperazine rings is 1. The van der Waals surface area contributed by atoms with Crippen molar-refractivity contribution in [2.75, 3.05) is 18.0 Å². The highest BCUT2D eigenvalue weighted by Crippen LogP contribution is 2.23. The highest BCUT2D eigenvalue weighted by atomic mass is 35.5. The van der Waals surface area contributed by atoms with Gasteiger partial charge in [0.2, 0.25) is 0 Å². The summed E-state index contributed by atoms with van der Waals surface area (Å²) in [6.07, 6.45) is 2.58. The van der Waals surface area contributed by atoms with Gasteiger partial charge < -0.3 is 10.2 Å². The summed E-state index contributed by atoms with van der Waals surface area (Å²) in [6.45, 7) is 8.54. The van der Waals surface area contributed by atoms with Gasteiger partial charge in [-0.3, -0.25) is 4.79 Å². The maximum Gasteiger partial charge on any atom is 0.287 e. The molecule has 1 N–H and O–H groups in total. The predicted octanol–water partition coefficient (Wildman–Crippen LogP) is 1.49. The number of hydrogen-bond donors (Lipinski definition) is 1. The lowest BCUT2D eigenvalue weighted by Gasteiger charge is -2.37. The number of aryl methyl sites for hydroxylation is 1. The molecule has 1 aromatic rings. The smallest absolute Gasteiger partial charge is 0.287 e. The third-order valence-electron chi connectivity index (χ3n) is 3.30. The number of nitrogens with zero attached hydrogens (tertiary/aromatic N) is 3. The van der Waals surface area contributed by atoms with Crippen molar-refractivity contribution >= 4 is 17.3 Å². The predicted molar refractivity (Wildman–Crippen MR) is 78.1 cm³/mol. The fourth-order valence-electron chi connectivity index (χ4n) is 2.57. The normalized spacial score (nSPS) is 23.7. The zero-order chi connectivity index (χ0) is 14.0. The van der Waals surface area contributed by atoms with Gasteiger partial charge in [0.25, 0.3) is 5.56 Å². The number of aromatic nitrogens is 2. The van der Waals surface area contributed by atoms with Gasteiger partial charge in [-0.2, -0.15) is 5.10 Å². The fourth-order valence-corrected chi connectivity index (χ4v) is 2.84. The number of rotatable bonds is 3. The molecule has 2 atom stereocenters. The molecule has 0 saturated carbocycles. The van der Waals surface area contributed by atoms with Crippen molar-refractivity contribution in [3.05, 3.63) is 21.6 Å². The van der Waals surface area contributed by atoms with E-state index in [9.17, 15) is 4.79 Å². The summed E-state index contributed by atoms with van der Waals surface area (Å²) in [6, 6.07) is 0.746. The lowest BCUT2D eigenvalue weighted by atomic mass is 10.1. The van der Waals surface area contributed by atoms with E-state index in [4.69, 9.17) is 11.6 Å². The van der Waals surface area contributed by atoms with Crippen LogP contribution in [0, 0.1) is 0 Å². The number of nitrogens with one attached hydrogen (secondary N) is 1. The van der Waals surface area contributed by atoms with E-state index in [1.165, 1.54) is 4.68 Å². The van der Waals surface area contributed by atoms with Crippen molar-refractivity contribution in [2.24, 2.45) is 0 Å². The molecule has 106 valence electrons. The Morgan fingerprint density at radius 3 is 2.63 bits per heavy atom. The van der Waals surface area contributed by atoms with Crippen molar-refractivity contribution in [1.82, 2.24) is 15.1 Å². The minimum absolute atomic E-state index is 0.195. The molecule has 0 bridgehead atoms. The van der Waals surface area contributed by atoms with Gasteiger partial charge >= 0.3 is 0 Å².